The summed E-state index contributed by atoms with van der Waals surface area (Å²) in [6.07, 6.45) is 3.71. The Kier molecular flexibility index (Phi) is 4.42. The molecule has 0 aliphatic heterocycles. The van der Waals surface area contributed by atoms with Gasteiger partial charge in [0.25, 0.3) is 0 Å². The van der Waals surface area contributed by atoms with Gasteiger partial charge in [-0.15, -0.1) is 0 Å². The summed E-state index contributed by atoms with van der Waals surface area (Å²) in [6, 6.07) is 0. The Hall–Kier alpha value is -1.07. The van der Waals surface area contributed by atoms with Gasteiger partial charge in [-0.05, 0) is 0 Å². The van der Waals surface area contributed by atoms with Gasteiger partial charge in [0.15, 0.2) is 0 Å². The highest BCUT2D eigenvalue weighted by molar-refractivity contribution is 5.30. The number of nitrogens with zero attached hydrogens (tertiary/aromatic N) is 3. The van der Waals surface area contributed by atoms with Crippen LogP contribution in [-0.4, -0.2) is 42.9 Å². The van der Waals surface area contributed by atoms with Crippen molar-refractivity contribution in [3.63, 3.8) is 0 Å². The van der Waals surface area contributed by atoms with Gasteiger partial charge in [-0.2, -0.15) is 0 Å². The highest BCUT2D eigenvalue weighted by atomic mass is 16.5. The van der Waals surface area contributed by atoms with Crippen LogP contribution in [0.1, 0.15) is 0 Å². The first-order valence-corrected chi connectivity index (χ1v) is 4.71. The zero-order valence-electron chi connectivity index (χ0n) is 8.81. The van der Waals surface area contributed by atoms with E-state index in [-0.39, 0.29) is 0 Å². The van der Waals surface area contributed by atoms with Crippen molar-refractivity contribution in [3.05, 3.63) is 12.4 Å². The number of ether oxygens (including phenoxy) is 1. The summed E-state index contributed by atoms with van der Waals surface area (Å²) in [4.78, 5) is 6.38. The third-order valence-corrected chi connectivity index (χ3v) is 2.04. The van der Waals surface area contributed by atoms with E-state index in [9.17, 15) is 0 Å². The highest BCUT2D eigenvalue weighted by Crippen LogP contribution is 2.08. The molecule has 2 N–H and O–H groups in total. The van der Waals surface area contributed by atoms with Crippen molar-refractivity contribution in [2.75, 3.05) is 38.3 Å². The second kappa shape index (κ2) is 5.62. The molecule has 5 heteroatoms. The molecule has 5 nitrogen and oxygen atoms in total. The zero-order chi connectivity index (χ0) is 10.4. The van der Waals surface area contributed by atoms with E-state index in [2.05, 4.69) is 9.88 Å². The lowest BCUT2D eigenvalue weighted by atomic mass is 10.5. The molecule has 0 bridgehead atoms. The Morgan fingerprint density at radius 1 is 1.57 bits per heavy atom. The van der Waals surface area contributed by atoms with E-state index in [1.54, 1.807) is 13.3 Å². The molecule has 0 spiro atoms. The summed E-state index contributed by atoms with van der Waals surface area (Å²) in [5.41, 5.74) is 5.54. The van der Waals surface area contributed by atoms with Crippen LogP contribution < -0.4 is 10.6 Å². The molecule has 1 heterocycles. The first-order valence-electron chi connectivity index (χ1n) is 4.71. The van der Waals surface area contributed by atoms with Gasteiger partial charge in [-0.1, -0.05) is 0 Å². The van der Waals surface area contributed by atoms with Crippen molar-refractivity contribution >= 4 is 5.95 Å². The molecule has 14 heavy (non-hydrogen) atoms. The Morgan fingerprint density at radius 2 is 2.36 bits per heavy atom. The first kappa shape index (κ1) is 11.0. The van der Waals surface area contributed by atoms with E-state index >= 15 is 0 Å². The number of nitrogens with two attached hydrogens (primary N) is 1. The smallest absolute Gasteiger partial charge is 0.205 e. The van der Waals surface area contributed by atoms with Gasteiger partial charge in [-0.3, -0.25) is 0 Å². The topological polar surface area (TPSA) is 56.3 Å². The average Bonchev–Trinajstić information content (AvgIpc) is 2.59. The van der Waals surface area contributed by atoms with Crippen molar-refractivity contribution in [2.24, 2.45) is 12.8 Å². The summed E-state index contributed by atoms with van der Waals surface area (Å²) in [6.45, 7) is 2.93. The molecule has 0 amide bonds. The van der Waals surface area contributed by atoms with Gasteiger partial charge in [0, 0.05) is 46.2 Å². The molecule has 80 valence electrons. The van der Waals surface area contributed by atoms with E-state index in [1.807, 2.05) is 17.8 Å². The van der Waals surface area contributed by atoms with Gasteiger partial charge >= 0.3 is 0 Å². The first-order chi connectivity index (χ1) is 6.79. The predicted molar refractivity (Wildman–Crippen MR) is 56.4 cm³/mol. The van der Waals surface area contributed by atoms with Crippen LogP contribution in [0, 0.1) is 0 Å². The van der Waals surface area contributed by atoms with Crippen molar-refractivity contribution in [1.82, 2.24) is 9.55 Å². The summed E-state index contributed by atoms with van der Waals surface area (Å²) < 4.78 is 7.01. The second-order valence-electron chi connectivity index (χ2n) is 3.11. The van der Waals surface area contributed by atoms with Crippen LogP contribution in [0.2, 0.25) is 0 Å². The van der Waals surface area contributed by atoms with Crippen LogP contribution in [-0.2, 0) is 11.8 Å². The van der Waals surface area contributed by atoms with Crippen molar-refractivity contribution in [1.29, 1.82) is 0 Å². The molecule has 0 saturated carbocycles. The number of hydrogen-bond donors (Lipinski definition) is 1. The number of anilines is 1. The van der Waals surface area contributed by atoms with Crippen LogP contribution in [0.25, 0.3) is 0 Å². The van der Waals surface area contributed by atoms with E-state index in [0.29, 0.717) is 13.2 Å². The van der Waals surface area contributed by atoms with Gasteiger partial charge in [0.05, 0.1) is 6.61 Å². The van der Waals surface area contributed by atoms with E-state index < -0.39 is 0 Å². The Bertz CT molecular complexity index is 261. The lowest BCUT2D eigenvalue weighted by Crippen LogP contribution is -2.34. The predicted octanol–water partition coefficient (Wildman–Crippen LogP) is -0.168. The number of aryl methyl sites for hydroxylation is 1. The molecule has 1 aromatic rings. The third-order valence-electron chi connectivity index (χ3n) is 2.04. The van der Waals surface area contributed by atoms with E-state index in [0.717, 1.165) is 19.0 Å². The van der Waals surface area contributed by atoms with Crippen LogP contribution in [0.5, 0.6) is 0 Å². The lowest BCUT2D eigenvalue weighted by Gasteiger charge is -2.22. The number of imidazole rings is 1. The normalized spacial score (nSPS) is 10.5. The molecule has 0 saturated heterocycles. The average molecular weight is 198 g/mol. The molecule has 0 fully saturated rings. The van der Waals surface area contributed by atoms with Gasteiger partial charge < -0.3 is 19.9 Å². The molecule has 0 aromatic carbocycles. The van der Waals surface area contributed by atoms with E-state index in [4.69, 9.17) is 10.5 Å². The molecule has 0 aliphatic rings. The summed E-state index contributed by atoms with van der Waals surface area (Å²) in [7, 11) is 3.66. The van der Waals surface area contributed by atoms with Crippen LogP contribution in [0.4, 0.5) is 5.95 Å². The fourth-order valence-electron chi connectivity index (χ4n) is 1.33. The second-order valence-corrected chi connectivity index (χ2v) is 3.11. The molecule has 0 unspecified atom stereocenters. The molecular weight excluding hydrogens is 180 g/mol. The van der Waals surface area contributed by atoms with Crippen molar-refractivity contribution in [2.45, 2.75) is 0 Å². The summed E-state index contributed by atoms with van der Waals surface area (Å²) in [5.74, 6) is 0.938. The fourth-order valence-corrected chi connectivity index (χ4v) is 1.33. The van der Waals surface area contributed by atoms with E-state index in [1.165, 1.54) is 0 Å². The maximum Gasteiger partial charge on any atom is 0.205 e. The fraction of sp³-hybridized carbons (Fsp3) is 0.667. The minimum absolute atomic E-state index is 0.622. The Labute approximate surface area is 84.5 Å². The van der Waals surface area contributed by atoms with Crippen LogP contribution in [0.3, 0.4) is 0 Å². The molecule has 0 atom stereocenters. The van der Waals surface area contributed by atoms with Crippen LogP contribution >= 0.6 is 0 Å². The standard InChI is InChI=1S/C9H18N4O/c1-12-6-4-11-9(12)13(5-3-10)7-8-14-2/h4,6H,3,5,7-8,10H2,1-2H3. The number of hydrogen-bond acceptors (Lipinski definition) is 4. The number of rotatable bonds is 6. The minimum atomic E-state index is 0.622. The lowest BCUT2D eigenvalue weighted by molar-refractivity contribution is 0.205. The summed E-state index contributed by atoms with van der Waals surface area (Å²) in [5, 5.41) is 0. The zero-order valence-corrected chi connectivity index (χ0v) is 8.81. The highest BCUT2D eigenvalue weighted by Gasteiger charge is 2.09. The number of aromatic nitrogens is 2. The molecular formula is C9H18N4O. The minimum Gasteiger partial charge on any atom is -0.383 e. The Morgan fingerprint density at radius 3 is 2.86 bits per heavy atom. The Balaban J connectivity index is 2.62. The van der Waals surface area contributed by atoms with Crippen molar-refractivity contribution in [3.8, 4) is 0 Å². The quantitative estimate of drug-likeness (QED) is 0.689. The summed E-state index contributed by atoms with van der Waals surface area (Å²) >= 11 is 0. The molecule has 1 rings (SSSR count). The third kappa shape index (κ3) is 2.71. The molecule has 1 aromatic heterocycles. The van der Waals surface area contributed by atoms with Crippen LogP contribution in [0.15, 0.2) is 12.4 Å². The largest absolute Gasteiger partial charge is 0.383 e. The SMILES string of the molecule is COCCN(CCN)c1nccn1C. The van der Waals surface area contributed by atoms with Gasteiger partial charge in [-0.25, -0.2) is 4.98 Å². The van der Waals surface area contributed by atoms with Gasteiger partial charge in [0.1, 0.15) is 0 Å². The maximum atomic E-state index is 5.54. The molecule has 0 radical (unpaired) electrons. The molecule has 0 aliphatic carbocycles. The van der Waals surface area contributed by atoms with Gasteiger partial charge in [0.2, 0.25) is 5.95 Å². The number of methoxy groups -OCH3 is 1. The van der Waals surface area contributed by atoms with Crippen molar-refractivity contribution < 1.29 is 4.74 Å². The monoisotopic (exact) mass is 198 g/mol. The maximum absolute atomic E-state index is 5.54.